The predicted octanol–water partition coefficient (Wildman–Crippen LogP) is 10.5. The van der Waals surface area contributed by atoms with Gasteiger partial charge in [0, 0.05) is 21.9 Å². The molecule has 0 bridgehead atoms. The second kappa shape index (κ2) is 8.70. The van der Waals surface area contributed by atoms with E-state index in [2.05, 4.69) is 136 Å². The predicted molar refractivity (Wildman–Crippen MR) is 186 cm³/mol. The highest BCUT2D eigenvalue weighted by atomic mass is 28.3. The number of hydrogen-bond donors (Lipinski definition) is 0. The minimum absolute atomic E-state index is 0.890. The quantitative estimate of drug-likeness (QED) is 0.118. The molecule has 0 N–H and O–H groups in total. The summed E-state index contributed by atoms with van der Waals surface area (Å²) in [6.45, 7) is 14.4. The van der Waals surface area contributed by atoms with Crippen LogP contribution < -0.4 is 10.4 Å². The maximum absolute atomic E-state index is 6.65. The molecule has 2 aliphatic heterocycles. The van der Waals surface area contributed by atoms with Crippen molar-refractivity contribution in [2.75, 3.05) is 0 Å². The SMILES string of the molecule is C[Si](C)(C)c1ccc(-c2ccc3oc4ccc5c(-c6ccc([Si](C)(C)C)cc6)ccc6oc7ccc2c3c7-c4c65)cc1. The topological polar surface area (TPSA) is 26.3 Å². The van der Waals surface area contributed by atoms with Crippen LogP contribution in [0.2, 0.25) is 39.3 Å². The Hall–Kier alpha value is -4.13. The molecule has 2 heterocycles. The van der Waals surface area contributed by atoms with Crippen molar-refractivity contribution in [2.45, 2.75) is 39.3 Å². The van der Waals surface area contributed by atoms with E-state index in [4.69, 9.17) is 8.83 Å². The van der Waals surface area contributed by atoms with Crippen LogP contribution >= 0.6 is 0 Å². The van der Waals surface area contributed by atoms with Crippen molar-refractivity contribution in [2.24, 2.45) is 0 Å². The number of hydrogen-bond acceptors (Lipinski definition) is 2. The molecule has 0 spiro atoms. The zero-order valence-corrected chi connectivity index (χ0v) is 27.1. The van der Waals surface area contributed by atoms with Gasteiger partial charge in [-0.1, -0.05) is 110 Å². The first kappa shape index (κ1) is 25.6. The molecule has 0 saturated carbocycles. The summed E-state index contributed by atoms with van der Waals surface area (Å²) in [5.74, 6) is 0. The monoisotopic (exact) mass is 578 g/mol. The van der Waals surface area contributed by atoms with Crippen LogP contribution in [-0.2, 0) is 0 Å². The molecule has 8 rings (SSSR count). The molecule has 0 fully saturated rings. The van der Waals surface area contributed by atoms with E-state index in [0.29, 0.717) is 0 Å². The van der Waals surface area contributed by atoms with E-state index in [1.54, 1.807) is 0 Å². The molecular weight excluding hydrogens is 545 g/mol. The van der Waals surface area contributed by atoms with Crippen LogP contribution in [-0.4, -0.2) is 16.1 Å². The Morgan fingerprint density at radius 1 is 0.381 bits per heavy atom. The number of benzene rings is 6. The van der Waals surface area contributed by atoms with Crippen LogP contribution in [0.15, 0.2) is 106 Å². The van der Waals surface area contributed by atoms with E-state index in [-0.39, 0.29) is 0 Å². The Morgan fingerprint density at radius 2 is 0.738 bits per heavy atom. The minimum atomic E-state index is -1.37. The molecule has 0 aromatic heterocycles. The molecule has 6 aromatic rings. The molecule has 206 valence electrons. The van der Waals surface area contributed by atoms with Crippen molar-refractivity contribution in [1.29, 1.82) is 0 Å². The molecule has 2 nitrogen and oxygen atoms in total. The Kier molecular flexibility index (Phi) is 5.29. The minimum Gasteiger partial charge on any atom is -0.456 e. The summed E-state index contributed by atoms with van der Waals surface area (Å²) in [5, 5.41) is 7.60. The lowest BCUT2D eigenvalue weighted by Gasteiger charge is -2.22. The van der Waals surface area contributed by atoms with Crippen LogP contribution in [0, 0.1) is 0 Å². The van der Waals surface area contributed by atoms with Gasteiger partial charge in [-0.3, -0.25) is 0 Å². The Labute approximate surface area is 248 Å². The lowest BCUT2D eigenvalue weighted by molar-refractivity contribution is 0.646. The highest BCUT2D eigenvalue weighted by Gasteiger charge is 2.26. The molecular formula is C38H34O2Si2. The van der Waals surface area contributed by atoms with Gasteiger partial charge < -0.3 is 8.83 Å². The van der Waals surface area contributed by atoms with E-state index in [0.717, 1.165) is 44.2 Å². The fourth-order valence-corrected chi connectivity index (χ4v) is 9.00. The molecule has 0 amide bonds. The average Bonchev–Trinajstić information content (AvgIpc) is 2.97. The standard InChI is InChI=1S/C38H34O2Si2/c1-41(2,3)25-11-7-23(8-12-25)27-15-19-31-35-29(27)17-21-33-37(35)38-34(39-31)22-18-30-28(16-20-32(40-33)36(30)38)24-9-13-26(14-10-24)42(4,5)6/h7-22H,1-6H3. The summed E-state index contributed by atoms with van der Waals surface area (Å²) in [6, 6.07) is 35.8. The van der Waals surface area contributed by atoms with Crippen molar-refractivity contribution >= 4 is 70.4 Å². The molecule has 2 aliphatic rings. The van der Waals surface area contributed by atoms with Gasteiger partial charge in [-0.15, -0.1) is 0 Å². The second-order valence-corrected chi connectivity index (χ2v) is 24.0. The van der Waals surface area contributed by atoms with E-state index in [1.807, 2.05) is 0 Å². The third kappa shape index (κ3) is 3.75. The summed E-state index contributed by atoms with van der Waals surface area (Å²) < 4.78 is 13.3. The van der Waals surface area contributed by atoms with Crippen LogP contribution in [0.4, 0.5) is 0 Å². The van der Waals surface area contributed by atoms with Gasteiger partial charge in [-0.05, 0) is 69.4 Å². The number of rotatable bonds is 4. The van der Waals surface area contributed by atoms with Gasteiger partial charge in [0.05, 0.1) is 16.1 Å². The fourth-order valence-electron chi connectivity index (χ4n) is 6.67. The fraction of sp³-hybridized carbons (Fsp3) is 0.158. The van der Waals surface area contributed by atoms with E-state index < -0.39 is 16.1 Å². The van der Waals surface area contributed by atoms with E-state index in [1.165, 1.54) is 43.4 Å². The Balaban J connectivity index is 1.38. The molecule has 0 radical (unpaired) electrons. The largest absolute Gasteiger partial charge is 0.456 e. The molecule has 0 aliphatic carbocycles. The van der Waals surface area contributed by atoms with E-state index in [9.17, 15) is 0 Å². The van der Waals surface area contributed by atoms with Crippen molar-refractivity contribution in [1.82, 2.24) is 0 Å². The first-order valence-electron chi connectivity index (χ1n) is 14.9. The smallest absolute Gasteiger partial charge is 0.136 e. The second-order valence-electron chi connectivity index (χ2n) is 13.8. The van der Waals surface area contributed by atoms with E-state index >= 15 is 0 Å². The van der Waals surface area contributed by atoms with Crippen molar-refractivity contribution in [3.63, 3.8) is 0 Å². The lowest BCUT2D eigenvalue weighted by atomic mass is 9.86. The van der Waals surface area contributed by atoms with Crippen molar-refractivity contribution in [3.8, 4) is 33.4 Å². The van der Waals surface area contributed by atoms with Gasteiger partial charge in [-0.25, -0.2) is 0 Å². The zero-order valence-electron chi connectivity index (χ0n) is 25.1. The molecule has 6 aromatic carbocycles. The normalized spacial score (nSPS) is 13.0. The van der Waals surface area contributed by atoms with Gasteiger partial charge in [-0.2, -0.15) is 0 Å². The third-order valence-electron chi connectivity index (χ3n) is 9.02. The van der Waals surface area contributed by atoms with Crippen molar-refractivity contribution in [3.05, 3.63) is 97.1 Å². The molecule has 0 unspecified atom stereocenters. The van der Waals surface area contributed by atoms with Gasteiger partial charge in [0.15, 0.2) is 0 Å². The van der Waals surface area contributed by atoms with Crippen LogP contribution in [0.1, 0.15) is 0 Å². The van der Waals surface area contributed by atoms with Crippen LogP contribution in [0.25, 0.3) is 77.3 Å². The Bertz CT molecular complexity index is 2070. The van der Waals surface area contributed by atoms with Gasteiger partial charge in [0.2, 0.25) is 0 Å². The summed E-state index contributed by atoms with van der Waals surface area (Å²) >= 11 is 0. The molecule has 0 atom stereocenters. The van der Waals surface area contributed by atoms with Crippen LogP contribution in [0.5, 0.6) is 0 Å². The first-order chi connectivity index (χ1) is 20.1. The molecule has 0 saturated heterocycles. The average molecular weight is 579 g/mol. The molecule has 4 heteroatoms. The van der Waals surface area contributed by atoms with Crippen molar-refractivity contribution < 1.29 is 8.83 Å². The highest BCUT2D eigenvalue weighted by molar-refractivity contribution is 6.89. The first-order valence-corrected chi connectivity index (χ1v) is 21.9. The van der Waals surface area contributed by atoms with Gasteiger partial charge in [0.1, 0.15) is 22.3 Å². The molecule has 42 heavy (non-hydrogen) atoms. The van der Waals surface area contributed by atoms with Gasteiger partial charge >= 0.3 is 0 Å². The van der Waals surface area contributed by atoms with Gasteiger partial charge in [0.25, 0.3) is 0 Å². The van der Waals surface area contributed by atoms with Crippen LogP contribution in [0.3, 0.4) is 0 Å². The zero-order chi connectivity index (χ0) is 29.0. The summed E-state index contributed by atoms with van der Waals surface area (Å²) in [7, 11) is -2.74. The Morgan fingerprint density at radius 3 is 1.10 bits per heavy atom. The summed E-state index contributed by atoms with van der Waals surface area (Å²) in [6.07, 6.45) is 0. The summed E-state index contributed by atoms with van der Waals surface area (Å²) in [4.78, 5) is 0. The summed E-state index contributed by atoms with van der Waals surface area (Å²) in [5.41, 5.74) is 10.8. The maximum Gasteiger partial charge on any atom is 0.136 e. The lowest BCUT2D eigenvalue weighted by Crippen LogP contribution is -2.37. The maximum atomic E-state index is 6.65. The highest BCUT2D eigenvalue weighted by Crippen LogP contribution is 2.50. The third-order valence-corrected chi connectivity index (χ3v) is 13.2.